The van der Waals surface area contributed by atoms with Crippen LogP contribution in [0, 0.1) is 0 Å². The second-order valence-electron chi connectivity index (χ2n) is 3.70. The molecule has 7 nitrogen and oxygen atoms in total. The number of nitrogens with one attached hydrogen (secondary N) is 3. The van der Waals surface area contributed by atoms with Gasteiger partial charge >= 0.3 is 6.03 Å². The highest BCUT2D eigenvalue weighted by Gasteiger charge is 2.37. The molecular formula is C10H11N3O4S. The fourth-order valence-corrected chi connectivity index (χ4v) is 2.76. The molecule has 0 saturated carbocycles. The number of sulfonamides is 1. The molecule has 1 unspecified atom stereocenters. The standard InChI is InChI=1S/C10H11N3O4S/c14-9-8(6-11-10(15)12-9)18(16,17)13-7-4-2-1-3-5-7/h1-5,8,13H,6H2,(H2,11,12,14,15). The number of hydrogen-bond acceptors (Lipinski definition) is 4. The third kappa shape index (κ3) is 2.59. The molecule has 1 heterocycles. The first-order valence-electron chi connectivity index (χ1n) is 5.14. The van der Waals surface area contributed by atoms with Crippen molar-refractivity contribution in [2.45, 2.75) is 5.25 Å². The molecule has 0 aromatic heterocycles. The average Bonchev–Trinajstić information content (AvgIpc) is 2.29. The highest BCUT2D eigenvalue weighted by molar-refractivity contribution is 7.94. The lowest BCUT2D eigenvalue weighted by Gasteiger charge is -2.22. The summed E-state index contributed by atoms with van der Waals surface area (Å²) in [7, 11) is -3.89. The molecule has 0 spiro atoms. The molecule has 3 N–H and O–H groups in total. The summed E-state index contributed by atoms with van der Waals surface area (Å²) in [5, 5.41) is 2.84. The number of carbonyl (C=O) groups is 2. The van der Waals surface area contributed by atoms with Gasteiger partial charge in [0.05, 0.1) is 0 Å². The van der Waals surface area contributed by atoms with Crippen molar-refractivity contribution < 1.29 is 18.0 Å². The number of anilines is 1. The topological polar surface area (TPSA) is 104 Å². The highest BCUT2D eigenvalue weighted by Crippen LogP contribution is 2.12. The van der Waals surface area contributed by atoms with Crippen LogP contribution in [-0.4, -0.2) is 32.2 Å². The van der Waals surface area contributed by atoms with Gasteiger partial charge in [-0.3, -0.25) is 14.8 Å². The quantitative estimate of drug-likeness (QED) is 0.696. The lowest BCUT2D eigenvalue weighted by molar-refractivity contribution is -0.120. The van der Waals surface area contributed by atoms with Gasteiger partial charge < -0.3 is 5.32 Å². The zero-order valence-corrected chi connectivity index (χ0v) is 10.0. The predicted molar refractivity (Wildman–Crippen MR) is 64.3 cm³/mol. The molecule has 1 aromatic carbocycles. The van der Waals surface area contributed by atoms with E-state index in [9.17, 15) is 18.0 Å². The Hall–Kier alpha value is -2.09. The molecule has 3 amide bonds. The number of hydrogen-bond donors (Lipinski definition) is 3. The van der Waals surface area contributed by atoms with Crippen LogP contribution < -0.4 is 15.4 Å². The van der Waals surface area contributed by atoms with Gasteiger partial charge in [-0.05, 0) is 12.1 Å². The maximum atomic E-state index is 11.9. The van der Waals surface area contributed by atoms with Gasteiger partial charge in [-0.25, -0.2) is 13.2 Å². The molecule has 1 saturated heterocycles. The van der Waals surface area contributed by atoms with E-state index in [1.165, 1.54) is 0 Å². The van der Waals surface area contributed by atoms with Crippen LogP contribution in [0.3, 0.4) is 0 Å². The van der Waals surface area contributed by atoms with Crippen LogP contribution in [0.5, 0.6) is 0 Å². The molecule has 0 bridgehead atoms. The number of urea groups is 1. The van der Waals surface area contributed by atoms with Crippen LogP contribution in [-0.2, 0) is 14.8 Å². The summed E-state index contributed by atoms with van der Waals surface area (Å²) in [6, 6.07) is 7.52. The van der Waals surface area contributed by atoms with E-state index in [1.807, 2.05) is 5.32 Å². The number of carbonyl (C=O) groups excluding carboxylic acids is 2. The van der Waals surface area contributed by atoms with E-state index in [0.717, 1.165) is 0 Å². The number of imide groups is 1. The summed E-state index contributed by atoms with van der Waals surface area (Å²) in [6.45, 7) is -0.243. The van der Waals surface area contributed by atoms with Crippen molar-refractivity contribution in [3.05, 3.63) is 30.3 Å². The lowest BCUT2D eigenvalue weighted by atomic mass is 10.3. The van der Waals surface area contributed by atoms with Crippen molar-refractivity contribution in [3.8, 4) is 0 Å². The zero-order valence-electron chi connectivity index (χ0n) is 9.21. The van der Waals surface area contributed by atoms with E-state index in [0.29, 0.717) is 5.69 Å². The molecule has 0 aliphatic carbocycles. The largest absolute Gasteiger partial charge is 0.336 e. The van der Waals surface area contributed by atoms with Crippen molar-refractivity contribution >= 4 is 27.6 Å². The van der Waals surface area contributed by atoms with Gasteiger partial charge in [-0.15, -0.1) is 0 Å². The van der Waals surface area contributed by atoms with Gasteiger partial charge in [0, 0.05) is 12.2 Å². The van der Waals surface area contributed by atoms with Crippen LogP contribution in [0.1, 0.15) is 0 Å². The maximum absolute atomic E-state index is 11.9. The normalized spacial score (nSPS) is 19.9. The van der Waals surface area contributed by atoms with Crippen molar-refractivity contribution in [2.75, 3.05) is 11.3 Å². The zero-order chi connectivity index (χ0) is 13.2. The summed E-state index contributed by atoms with van der Waals surface area (Å²) in [4.78, 5) is 22.3. The van der Waals surface area contributed by atoms with Crippen LogP contribution in [0.2, 0.25) is 0 Å². The molecule has 1 fully saturated rings. The van der Waals surface area contributed by atoms with Crippen LogP contribution in [0.25, 0.3) is 0 Å². The molecular weight excluding hydrogens is 258 g/mol. The van der Waals surface area contributed by atoms with Crippen molar-refractivity contribution in [1.82, 2.24) is 10.6 Å². The minimum Gasteiger partial charge on any atom is -0.336 e. The third-order valence-corrected chi connectivity index (χ3v) is 4.04. The maximum Gasteiger partial charge on any atom is 0.321 e. The number of amides is 3. The van der Waals surface area contributed by atoms with Gasteiger partial charge in [0.25, 0.3) is 0 Å². The van der Waals surface area contributed by atoms with Crippen molar-refractivity contribution in [3.63, 3.8) is 0 Å². The Morgan fingerprint density at radius 3 is 2.44 bits per heavy atom. The van der Waals surface area contributed by atoms with Crippen molar-refractivity contribution in [2.24, 2.45) is 0 Å². The Kier molecular flexibility index (Phi) is 3.19. The van der Waals surface area contributed by atoms with Crippen LogP contribution in [0.4, 0.5) is 10.5 Å². The first-order valence-corrected chi connectivity index (χ1v) is 6.69. The number of para-hydroxylation sites is 1. The summed E-state index contributed by atoms with van der Waals surface area (Å²) in [5.41, 5.74) is 0.363. The van der Waals surface area contributed by atoms with E-state index in [2.05, 4.69) is 10.0 Å². The number of benzene rings is 1. The lowest BCUT2D eigenvalue weighted by Crippen LogP contribution is -2.58. The van der Waals surface area contributed by atoms with E-state index >= 15 is 0 Å². The van der Waals surface area contributed by atoms with Crippen molar-refractivity contribution in [1.29, 1.82) is 0 Å². The van der Waals surface area contributed by atoms with Gasteiger partial charge in [0.1, 0.15) is 0 Å². The Bertz CT molecular complexity index is 570. The number of rotatable bonds is 3. The molecule has 1 aliphatic heterocycles. The Labute approximate surface area is 104 Å². The van der Waals surface area contributed by atoms with E-state index in [-0.39, 0.29) is 6.54 Å². The second-order valence-corrected chi connectivity index (χ2v) is 5.56. The third-order valence-electron chi connectivity index (χ3n) is 2.39. The summed E-state index contributed by atoms with van der Waals surface area (Å²) in [6.07, 6.45) is 0. The Morgan fingerprint density at radius 1 is 1.17 bits per heavy atom. The molecule has 1 aromatic rings. The monoisotopic (exact) mass is 269 g/mol. The fourth-order valence-electron chi connectivity index (χ4n) is 1.51. The summed E-state index contributed by atoms with van der Waals surface area (Å²) >= 11 is 0. The van der Waals surface area contributed by atoms with E-state index < -0.39 is 27.2 Å². The fraction of sp³-hybridized carbons (Fsp3) is 0.200. The minimum atomic E-state index is -3.89. The van der Waals surface area contributed by atoms with Gasteiger partial charge in [0.2, 0.25) is 15.9 Å². The Balaban J connectivity index is 2.17. The summed E-state index contributed by atoms with van der Waals surface area (Å²) < 4.78 is 26.2. The summed E-state index contributed by atoms with van der Waals surface area (Å²) in [5.74, 6) is -0.831. The second kappa shape index (κ2) is 4.65. The smallest absolute Gasteiger partial charge is 0.321 e. The molecule has 0 radical (unpaired) electrons. The minimum absolute atomic E-state index is 0.243. The molecule has 8 heteroatoms. The van der Waals surface area contributed by atoms with E-state index in [1.54, 1.807) is 30.3 Å². The van der Waals surface area contributed by atoms with Gasteiger partial charge in [-0.2, -0.15) is 0 Å². The van der Waals surface area contributed by atoms with Crippen LogP contribution >= 0.6 is 0 Å². The Morgan fingerprint density at radius 2 is 1.83 bits per heavy atom. The molecule has 96 valence electrons. The first-order chi connectivity index (χ1) is 8.49. The molecule has 1 aliphatic rings. The average molecular weight is 269 g/mol. The van der Waals surface area contributed by atoms with Gasteiger partial charge in [-0.1, -0.05) is 18.2 Å². The van der Waals surface area contributed by atoms with Gasteiger partial charge in [0.15, 0.2) is 5.25 Å². The SMILES string of the molecule is O=C1NCC(S(=O)(=O)Nc2ccccc2)C(=O)N1. The van der Waals surface area contributed by atoms with E-state index in [4.69, 9.17) is 0 Å². The highest BCUT2D eigenvalue weighted by atomic mass is 32.2. The molecule has 18 heavy (non-hydrogen) atoms. The van der Waals surface area contributed by atoms with Crippen LogP contribution in [0.15, 0.2) is 30.3 Å². The first kappa shape index (κ1) is 12.4. The molecule has 1 atom stereocenters. The molecule has 2 rings (SSSR count). The predicted octanol–water partition coefficient (Wildman–Crippen LogP) is -0.364.